The van der Waals surface area contributed by atoms with Crippen LogP contribution in [0, 0.1) is 0 Å². The number of benzene rings is 1. The van der Waals surface area contributed by atoms with Crippen molar-refractivity contribution >= 4 is 0 Å². The monoisotopic (exact) mass is 274 g/mol. The zero-order chi connectivity index (χ0) is 13.9. The van der Waals surface area contributed by atoms with Crippen molar-refractivity contribution in [1.82, 2.24) is 10.2 Å². The lowest BCUT2D eigenvalue weighted by molar-refractivity contribution is 0.187. The lowest BCUT2D eigenvalue weighted by atomic mass is 9.86. The maximum Gasteiger partial charge on any atom is 0.115 e. The minimum absolute atomic E-state index is 0.402. The third-order valence-electron chi connectivity index (χ3n) is 4.83. The van der Waals surface area contributed by atoms with E-state index in [1.165, 1.54) is 49.9 Å². The Morgan fingerprint density at radius 3 is 3.05 bits per heavy atom. The van der Waals surface area contributed by atoms with Crippen LogP contribution in [0.1, 0.15) is 49.8 Å². The predicted octanol–water partition coefficient (Wildman–Crippen LogP) is 2.84. The first-order valence-corrected chi connectivity index (χ1v) is 8.06. The van der Waals surface area contributed by atoms with Crippen LogP contribution in [0.2, 0.25) is 0 Å². The fraction of sp³-hybridized carbons (Fsp3) is 0.647. The molecule has 0 radical (unpaired) electrons. The highest BCUT2D eigenvalue weighted by molar-refractivity contribution is 5.38. The van der Waals surface area contributed by atoms with Gasteiger partial charge in [-0.2, -0.15) is 0 Å². The number of hydrogen-bond donors (Lipinski definition) is 2. The summed E-state index contributed by atoms with van der Waals surface area (Å²) >= 11 is 0. The molecule has 1 aromatic carbocycles. The number of nitrogens with zero attached hydrogens (tertiary/aromatic N) is 1. The number of aryl methyl sites for hydroxylation is 1. The van der Waals surface area contributed by atoms with E-state index in [-0.39, 0.29) is 0 Å². The van der Waals surface area contributed by atoms with Crippen LogP contribution in [-0.2, 0) is 6.42 Å². The lowest BCUT2D eigenvalue weighted by Gasteiger charge is -2.36. The Bertz CT molecular complexity index is 460. The normalized spacial score (nSPS) is 27.2. The van der Waals surface area contributed by atoms with Gasteiger partial charge in [-0.25, -0.2) is 0 Å². The van der Waals surface area contributed by atoms with E-state index < -0.39 is 0 Å². The molecule has 20 heavy (non-hydrogen) atoms. The van der Waals surface area contributed by atoms with Gasteiger partial charge in [0.15, 0.2) is 0 Å². The van der Waals surface area contributed by atoms with E-state index >= 15 is 0 Å². The first kappa shape index (κ1) is 13.9. The molecule has 1 fully saturated rings. The molecule has 110 valence electrons. The maximum absolute atomic E-state index is 9.64. The van der Waals surface area contributed by atoms with Crippen LogP contribution in [0.25, 0.3) is 0 Å². The first-order valence-electron chi connectivity index (χ1n) is 8.06. The Hall–Kier alpha value is -1.06. The average molecular weight is 274 g/mol. The summed E-state index contributed by atoms with van der Waals surface area (Å²) in [6, 6.07) is 6.98. The zero-order valence-corrected chi connectivity index (χ0v) is 12.4. The van der Waals surface area contributed by atoms with Gasteiger partial charge in [0.25, 0.3) is 0 Å². The second-order valence-electron chi connectivity index (χ2n) is 6.23. The van der Waals surface area contributed by atoms with Crippen LogP contribution in [0.3, 0.4) is 0 Å². The summed E-state index contributed by atoms with van der Waals surface area (Å²) in [5, 5.41) is 13.5. The molecular weight excluding hydrogens is 248 g/mol. The average Bonchev–Trinajstić information content (AvgIpc) is 2.47. The largest absolute Gasteiger partial charge is 0.508 e. The van der Waals surface area contributed by atoms with Crippen LogP contribution in [0.15, 0.2) is 18.2 Å². The molecule has 3 rings (SSSR count). The van der Waals surface area contributed by atoms with Gasteiger partial charge in [-0.3, -0.25) is 0 Å². The molecule has 1 aliphatic carbocycles. The van der Waals surface area contributed by atoms with Gasteiger partial charge in [0, 0.05) is 18.6 Å². The van der Waals surface area contributed by atoms with Gasteiger partial charge >= 0.3 is 0 Å². The van der Waals surface area contributed by atoms with Crippen molar-refractivity contribution in [2.45, 2.75) is 51.1 Å². The number of piperidine rings is 1. The molecule has 1 aliphatic heterocycles. The number of likely N-dealkylation sites (tertiary alicyclic amines) is 1. The highest BCUT2D eigenvalue weighted by Gasteiger charge is 2.25. The number of aromatic hydroxyl groups is 1. The number of fused-ring (bicyclic) bond motifs is 1. The molecular formula is C17H26N2O. The van der Waals surface area contributed by atoms with E-state index in [1.807, 2.05) is 12.1 Å². The minimum Gasteiger partial charge on any atom is -0.508 e. The molecule has 0 aromatic heterocycles. The number of phenolic OH excluding ortho intramolecular Hbond substituents is 1. The summed E-state index contributed by atoms with van der Waals surface area (Å²) in [7, 11) is 0. The molecule has 2 aliphatic rings. The summed E-state index contributed by atoms with van der Waals surface area (Å²) in [6.45, 7) is 5.85. The van der Waals surface area contributed by atoms with Gasteiger partial charge in [0.05, 0.1) is 0 Å². The number of hydrogen-bond acceptors (Lipinski definition) is 3. The van der Waals surface area contributed by atoms with Gasteiger partial charge in [-0.15, -0.1) is 0 Å². The van der Waals surface area contributed by atoms with Crippen LogP contribution in [-0.4, -0.2) is 35.7 Å². The molecule has 1 heterocycles. The molecule has 1 aromatic rings. The molecule has 2 unspecified atom stereocenters. The van der Waals surface area contributed by atoms with E-state index in [0.717, 1.165) is 13.0 Å². The second-order valence-corrected chi connectivity index (χ2v) is 6.23. The number of phenols is 1. The Balaban J connectivity index is 1.70. The Kier molecular flexibility index (Phi) is 4.27. The van der Waals surface area contributed by atoms with Crippen LogP contribution >= 0.6 is 0 Å². The number of rotatable bonds is 3. The molecule has 0 amide bonds. The summed E-state index contributed by atoms with van der Waals surface area (Å²) < 4.78 is 0. The summed E-state index contributed by atoms with van der Waals surface area (Å²) in [4.78, 5) is 2.54. The fourth-order valence-electron chi connectivity index (χ4n) is 3.74. The van der Waals surface area contributed by atoms with Crippen molar-refractivity contribution in [2.75, 3.05) is 19.6 Å². The third kappa shape index (κ3) is 2.99. The van der Waals surface area contributed by atoms with Crippen molar-refractivity contribution in [1.29, 1.82) is 0 Å². The van der Waals surface area contributed by atoms with Crippen molar-refractivity contribution in [3.8, 4) is 5.75 Å². The highest BCUT2D eigenvalue weighted by atomic mass is 16.3. The molecule has 3 heteroatoms. The van der Waals surface area contributed by atoms with Gasteiger partial charge in [-0.05, 0) is 68.5 Å². The molecule has 2 atom stereocenters. The SMILES string of the molecule is CCN1CCCC(NC2CCCc3cc(O)ccc32)C1. The highest BCUT2D eigenvalue weighted by Crippen LogP contribution is 2.32. The molecule has 2 N–H and O–H groups in total. The minimum atomic E-state index is 0.402. The van der Waals surface area contributed by atoms with Gasteiger partial charge < -0.3 is 15.3 Å². The number of nitrogens with one attached hydrogen (secondary N) is 1. The van der Waals surface area contributed by atoms with Crippen LogP contribution < -0.4 is 5.32 Å². The quantitative estimate of drug-likeness (QED) is 0.889. The number of likely N-dealkylation sites (N-methyl/N-ethyl adjacent to an activating group) is 1. The van der Waals surface area contributed by atoms with E-state index in [0.29, 0.717) is 17.8 Å². The molecule has 0 spiro atoms. The van der Waals surface area contributed by atoms with E-state index in [2.05, 4.69) is 23.2 Å². The predicted molar refractivity (Wildman–Crippen MR) is 82.1 cm³/mol. The molecule has 0 saturated carbocycles. The summed E-state index contributed by atoms with van der Waals surface area (Å²) in [6.07, 6.45) is 6.15. The Morgan fingerprint density at radius 2 is 2.20 bits per heavy atom. The fourth-order valence-corrected chi connectivity index (χ4v) is 3.74. The van der Waals surface area contributed by atoms with Gasteiger partial charge in [-0.1, -0.05) is 13.0 Å². The van der Waals surface area contributed by atoms with Crippen molar-refractivity contribution in [3.63, 3.8) is 0 Å². The second kappa shape index (κ2) is 6.15. The van der Waals surface area contributed by atoms with Crippen molar-refractivity contribution in [3.05, 3.63) is 29.3 Å². The Labute approximate surface area is 122 Å². The molecule has 0 bridgehead atoms. The Morgan fingerprint density at radius 1 is 1.30 bits per heavy atom. The summed E-state index contributed by atoms with van der Waals surface area (Å²) in [5.74, 6) is 0.402. The van der Waals surface area contributed by atoms with Gasteiger partial charge in [0.1, 0.15) is 5.75 Å². The summed E-state index contributed by atoms with van der Waals surface area (Å²) in [5.41, 5.74) is 2.74. The van der Waals surface area contributed by atoms with E-state index in [4.69, 9.17) is 0 Å². The molecule has 3 nitrogen and oxygen atoms in total. The van der Waals surface area contributed by atoms with Crippen molar-refractivity contribution < 1.29 is 5.11 Å². The van der Waals surface area contributed by atoms with E-state index in [1.54, 1.807) is 0 Å². The van der Waals surface area contributed by atoms with Crippen LogP contribution in [0.4, 0.5) is 0 Å². The van der Waals surface area contributed by atoms with E-state index in [9.17, 15) is 5.11 Å². The third-order valence-corrected chi connectivity index (χ3v) is 4.83. The van der Waals surface area contributed by atoms with Crippen LogP contribution in [0.5, 0.6) is 5.75 Å². The first-order chi connectivity index (χ1) is 9.76. The lowest BCUT2D eigenvalue weighted by Crippen LogP contribution is -2.47. The maximum atomic E-state index is 9.64. The topological polar surface area (TPSA) is 35.5 Å². The van der Waals surface area contributed by atoms with Gasteiger partial charge in [0.2, 0.25) is 0 Å². The van der Waals surface area contributed by atoms with Crippen molar-refractivity contribution in [2.24, 2.45) is 0 Å². The zero-order valence-electron chi connectivity index (χ0n) is 12.4. The standard InChI is InChI=1S/C17H26N2O/c1-2-19-10-4-6-14(12-19)18-17-7-3-5-13-11-15(20)8-9-16(13)17/h8-9,11,14,17-18,20H,2-7,10,12H2,1H3. The smallest absolute Gasteiger partial charge is 0.115 e. The molecule has 1 saturated heterocycles.